The second-order valence-electron chi connectivity index (χ2n) is 10.3. The van der Waals surface area contributed by atoms with E-state index in [2.05, 4.69) is 53.9 Å². The summed E-state index contributed by atoms with van der Waals surface area (Å²) in [4.78, 5) is 0. The molecule has 0 bridgehead atoms. The van der Waals surface area contributed by atoms with Gasteiger partial charge in [-0.25, -0.2) is 0 Å². The third kappa shape index (κ3) is 3.57. The molecule has 2 fully saturated rings. The van der Waals surface area contributed by atoms with Crippen LogP contribution in [-0.2, 0) is 4.43 Å². The third-order valence-electron chi connectivity index (χ3n) is 7.79. The molecule has 0 aromatic carbocycles. The highest BCUT2D eigenvalue weighted by Crippen LogP contribution is 2.59. The number of fused-ring (bicyclic) bond motifs is 1. The SMILES string of the molecule is C=CC[C@]1(C)[C@@H](CO[Si](C)(C)C(C)(C)C)CC(=C)[C@@H]2CCCC[C@]21O. The minimum Gasteiger partial charge on any atom is -0.417 e. The van der Waals surface area contributed by atoms with Crippen molar-refractivity contribution in [1.82, 2.24) is 0 Å². The Hall–Kier alpha value is -0.383. The Morgan fingerprint density at radius 1 is 1.32 bits per heavy atom. The van der Waals surface area contributed by atoms with Crippen LogP contribution < -0.4 is 0 Å². The van der Waals surface area contributed by atoms with Gasteiger partial charge >= 0.3 is 0 Å². The number of hydrogen-bond donors (Lipinski definition) is 1. The zero-order chi connectivity index (χ0) is 19.1. The number of rotatable bonds is 5. The van der Waals surface area contributed by atoms with Gasteiger partial charge in [0.05, 0.1) is 5.60 Å². The molecule has 2 rings (SSSR count). The van der Waals surface area contributed by atoms with Crippen molar-refractivity contribution in [3.63, 3.8) is 0 Å². The lowest BCUT2D eigenvalue weighted by Gasteiger charge is -2.60. The van der Waals surface area contributed by atoms with Gasteiger partial charge in [-0.1, -0.05) is 58.8 Å². The molecule has 1 N–H and O–H groups in total. The van der Waals surface area contributed by atoms with E-state index in [1.165, 1.54) is 12.0 Å². The van der Waals surface area contributed by atoms with Crippen LogP contribution in [0.15, 0.2) is 24.8 Å². The van der Waals surface area contributed by atoms with Crippen molar-refractivity contribution in [2.75, 3.05) is 6.61 Å². The van der Waals surface area contributed by atoms with E-state index in [1.807, 2.05) is 6.08 Å². The monoisotopic (exact) mass is 364 g/mol. The fourth-order valence-electron chi connectivity index (χ4n) is 4.83. The largest absolute Gasteiger partial charge is 0.417 e. The Balaban J connectivity index is 2.30. The van der Waals surface area contributed by atoms with Gasteiger partial charge in [0.25, 0.3) is 0 Å². The average Bonchev–Trinajstić information content (AvgIpc) is 2.49. The maximum absolute atomic E-state index is 11.8. The molecule has 25 heavy (non-hydrogen) atoms. The van der Waals surface area contributed by atoms with Gasteiger partial charge in [-0.3, -0.25) is 0 Å². The number of allylic oxidation sites excluding steroid dienone is 1. The third-order valence-corrected chi connectivity index (χ3v) is 12.3. The van der Waals surface area contributed by atoms with E-state index < -0.39 is 13.9 Å². The lowest BCUT2D eigenvalue weighted by Crippen LogP contribution is -2.61. The summed E-state index contributed by atoms with van der Waals surface area (Å²) >= 11 is 0. The molecule has 0 unspecified atom stereocenters. The van der Waals surface area contributed by atoms with Crippen LogP contribution in [0.2, 0.25) is 18.1 Å². The zero-order valence-corrected chi connectivity index (χ0v) is 18.5. The van der Waals surface area contributed by atoms with E-state index >= 15 is 0 Å². The molecular formula is C22H40O2Si. The first-order valence-electron chi connectivity index (χ1n) is 10.0. The molecule has 2 nitrogen and oxygen atoms in total. The normalized spacial score (nSPS) is 36.8. The maximum Gasteiger partial charge on any atom is 0.191 e. The molecule has 2 saturated carbocycles. The van der Waals surface area contributed by atoms with Gasteiger partial charge in [0, 0.05) is 17.9 Å². The summed E-state index contributed by atoms with van der Waals surface area (Å²) in [7, 11) is -1.80. The van der Waals surface area contributed by atoms with E-state index in [1.54, 1.807) is 0 Å². The first-order valence-corrected chi connectivity index (χ1v) is 12.9. The summed E-state index contributed by atoms with van der Waals surface area (Å²) in [6.45, 7) is 22.9. The lowest BCUT2D eigenvalue weighted by molar-refractivity contribution is -0.175. The quantitative estimate of drug-likeness (QED) is 0.472. The van der Waals surface area contributed by atoms with Crippen molar-refractivity contribution in [2.24, 2.45) is 17.3 Å². The Labute approximate surface area is 156 Å². The molecule has 0 heterocycles. The molecule has 2 aliphatic rings. The van der Waals surface area contributed by atoms with Crippen molar-refractivity contribution in [1.29, 1.82) is 0 Å². The van der Waals surface area contributed by atoms with E-state index in [0.29, 0.717) is 5.92 Å². The van der Waals surface area contributed by atoms with E-state index in [0.717, 1.165) is 38.7 Å². The highest BCUT2D eigenvalue weighted by molar-refractivity contribution is 6.74. The zero-order valence-electron chi connectivity index (χ0n) is 17.5. The van der Waals surface area contributed by atoms with Crippen LogP contribution in [0.5, 0.6) is 0 Å². The molecule has 2 aliphatic carbocycles. The van der Waals surface area contributed by atoms with Gasteiger partial charge in [-0.15, -0.1) is 6.58 Å². The van der Waals surface area contributed by atoms with Crippen LogP contribution in [0.3, 0.4) is 0 Å². The predicted molar refractivity (Wildman–Crippen MR) is 110 cm³/mol. The van der Waals surface area contributed by atoms with Gasteiger partial charge in [0.1, 0.15) is 0 Å². The summed E-state index contributed by atoms with van der Waals surface area (Å²) in [5.41, 5.74) is 0.409. The second-order valence-corrected chi connectivity index (χ2v) is 15.1. The summed E-state index contributed by atoms with van der Waals surface area (Å²) in [6.07, 6.45) is 8.11. The summed E-state index contributed by atoms with van der Waals surface area (Å²) < 4.78 is 6.60. The van der Waals surface area contributed by atoms with Gasteiger partial charge in [0.2, 0.25) is 0 Å². The Bertz CT molecular complexity index is 519. The fraction of sp³-hybridized carbons (Fsp3) is 0.818. The number of aliphatic hydroxyl groups is 1. The van der Waals surface area contributed by atoms with Crippen molar-refractivity contribution >= 4 is 8.32 Å². The maximum atomic E-state index is 11.8. The van der Waals surface area contributed by atoms with E-state index in [9.17, 15) is 5.11 Å². The number of hydrogen-bond acceptors (Lipinski definition) is 2. The standard InChI is InChI=1S/C22H40O2Si/c1-9-13-21(6)18(16-24-25(7,8)20(3,4)5)15-17(2)19-12-10-11-14-22(19,21)23/h9,18-19,23H,1-2,10-16H2,3-8H3/t18-,19+,21-,22+/m1/s1. The first-order chi connectivity index (χ1) is 11.4. The van der Waals surface area contributed by atoms with Gasteiger partial charge in [-0.05, 0) is 49.7 Å². The van der Waals surface area contributed by atoms with Crippen molar-refractivity contribution in [3.05, 3.63) is 24.8 Å². The predicted octanol–water partition coefficient (Wildman–Crippen LogP) is 6.09. The molecule has 0 spiro atoms. The van der Waals surface area contributed by atoms with Crippen LogP contribution >= 0.6 is 0 Å². The molecule has 3 heteroatoms. The average molecular weight is 365 g/mol. The van der Waals surface area contributed by atoms with Crippen LogP contribution in [0.1, 0.15) is 66.2 Å². The molecule has 0 radical (unpaired) electrons. The summed E-state index contributed by atoms with van der Waals surface area (Å²) in [6, 6.07) is 0. The van der Waals surface area contributed by atoms with Crippen LogP contribution in [-0.4, -0.2) is 25.6 Å². The molecule has 4 atom stereocenters. The van der Waals surface area contributed by atoms with Crippen molar-refractivity contribution < 1.29 is 9.53 Å². The van der Waals surface area contributed by atoms with Crippen LogP contribution in [0, 0.1) is 17.3 Å². The Morgan fingerprint density at radius 2 is 1.96 bits per heavy atom. The highest BCUT2D eigenvalue weighted by atomic mass is 28.4. The van der Waals surface area contributed by atoms with E-state index in [-0.39, 0.29) is 16.4 Å². The minimum absolute atomic E-state index is 0.177. The molecule has 0 saturated heterocycles. The summed E-state index contributed by atoms with van der Waals surface area (Å²) in [5, 5.41) is 12.0. The lowest BCUT2D eigenvalue weighted by atomic mass is 9.49. The van der Waals surface area contributed by atoms with Crippen molar-refractivity contribution in [3.8, 4) is 0 Å². The highest BCUT2D eigenvalue weighted by Gasteiger charge is 2.59. The van der Waals surface area contributed by atoms with Gasteiger partial charge < -0.3 is 9.53 Å². The topological polar surface area (TPSA) is 29.5 Å². The van der Waals surface area contributed by atoms with Gasteiger partial charge in [-0.2, -0.15) is 0 Å². The molecule has 144 valence electrons. The summed E-state index contributed by atoms with van der Waals surface area (Å²) in [5.74, 6) is 0.557. The molecule has 0 amide bonds. The van der Waals surface area contributed by atoms with Crippen LogP contribution in [0.4, 0.5) is 0 Å². The van der Waals surface area contributed by atoms with E-state index in [4.69, 9.17) is 4.43 Å². The first kappa shape index (κ1) is 20.9. The van der Waals surface area contributed by atoms with Crippen LogP contribution in [0.25, 0.3) is 0 Å². The molecule has 0 aromatic heterocycles. The smallest absolute Gasteiger partial charge is 0.191 e. The molecule has 0 aliphatic heterocycles. The fourth-order valence-corrected chi connectivity index (χ4v) is 5.88. The van der Waals surface area contributed by atoms with Gasteiger partial charge in [0.15, 0.2) is 8.32 Å². The Kier molecular flexibility index (Phi) is 5.84. The molecule has 0 aromatic rings. The molecular weight excluding hydrogens is 324 g/mol. The van der Waals surface area contributed by atoms with Crippen molar-refractivity contribution in [2.45, 2.75) is 90.0 Å². The Morgan fingerprint density at radius 3 is 2.52 bits per heavy atom. The minimum atomic E-state index is -1.80. The second kappa shape index (κ2) is 6.98.